The third-order valence-electron chi connectivity index (χ3n) is 3.49. The quantitative estimate of drug-likeness (QED) is 0.912. The van der Waals surface area contributed by atoms with Gasteiger partial charge in [-0.25, -0.2) is 4.98 Å². The number of likely N-dealkylation sites (N-methyl/N-ethyl adjacent to an activating group) is 1. The molecule has 19 heavy (non-hydrogen) atoms. The summed E-state index contributed by atoms with van der Waals surface area (Å²) in [5, 5.41) is 3.43. The summed E-state index contributed by atoms with van der Waals surface area (Å²) in [6, 6.07) is 0.569. The predicted molar refractivity (Wildman–Crippen MR) is 78.4 cm³/mol. The molecule has 0 radical (unpaired) electrons. The van der Waals surface area contributed by atoms with Crippen molar-refractivity contribution in [2.24, 2.45) is 0 Å². The molecule has 1 aromatic rings. The summed E-state index contributed by atoms with van der Waals surface area (Å²) in [5.74, 6) is -0.0640. The second-order valence-corrected chi connectivity index (χ2v) is 6.14. The van der Waals surface area contributed by atoms with Gasteiger partial charge in [-0.15, -0.1) is 11.3 Å². The van der Waals surface area contributed by atoms with Gasteiger partial charge < -0.3 is 10.2 Å². The third kappa shape index (κ3) is 3.99. The number of hydrogen-bond donors (Lipinski definition) is 1. The molecule has 0 spiro atoms. The Balaban J connectivity index is 1.90. The molecule has 0 saturated carbocycles. The smallest absolute Gasteiger partial charge is 0.223 e. The number of carbonyl (C=O) groups excluding carboxylic acids is 1. The maximum absolute atomic E-state index is 11.0. The highest BCUT2D eigenvalue weighted by Crippen LogP contribution is 2.21. The van der Waals surface area contributed by atoms with Gasteiger partial charge in [0.1, 0.15) is 0 Å². The number of thiazole rings is 1. The van der Waals surface area contributed by atoms with Crippen LogP contribution in [0.15, 0.2) is 6.20 Å². The maximum Gasteiger partial charge on any atom is 0.223 e. The van der Waals surface area contributed by atoms with E-state index < -0.39 is 0 Å². The Bertz CT molecular complexity index is 434. The fraction of sp³-hybridized carbons (Fsp3) is 0.692. The molecule has 1 amide bonds. The van der Waals surface area contributed by atoms with Gasteiger partial charge in [-0.3, -0.25) is 9.69 Å². The molecule has 1 unspecified atom stereocenters. The molecule has 1 aliphatic heterocycles. The molecule has 0 aliphatic carbocycles. The highest BCUT2D eigenvalue weighted by molar-refractivity contribution is 7.15. The molecule has 5 nitrogen and oxygen atoms in total. The van der Waals surface area contributed by atoms with E-state index in [1.807, 2.05) is 6.20 Å². The first-order valence-corrected chi connectivity index (χ1v) is 7.58. The molecule has 1 aliphatic rings. The minimum Gasteiger partial charge on any atom is -0.302 e. The van der Waals surface area contributed by atoms with Crippen LogP contribution in [-0.2, 0) is 11.3 Å². The lowest BCUT2D eigenvalue weighted by Crippen LogP contribution is -2.51. The molecular weight excluding hydrogens is 260 g/mol. The number of amides is 1. The van der Waals surface area contributed by atoms with Crippen molar-refractivity contribution in [3.05, 3.63) is 11.1 Å². The van der Waals surface area contributed by atoms with Crippen LogP contribution in [0.4, 0.5) is 5.13 Å². The van der Waals surface area contributed by atoms with E-state index in [1.54, 1.807) is 11.3 Å². The number of piperazine rings is 1. The van der Waals surface area contributed by atoms with Gasteiger partial charge >= 0.3 is 0 Å². The fourth-order valence-corrected chi connectivity index (χ4v) is 3.27. The van der Waals surface area contributed by atoms with Crippen molar-refractivity contribution >= 4 is 22.4 Å². The van der Waals surface area contributed by atoms with Crippen LogP contribution in [0.2, 0.25) is 0 Å². The number of hydrogen-bond acceptors (Lipinski definition) is 5. The van der Waals surface area contributed by atoms with Crippen LogP contribution in [-0.4, -0.2) is 52.9 Å². The molecule has 1 fully saturated rings. The average Bonchev–Trinajstić information content (AvgIpc) is 2.78. The number of aromatic nitrogens is 1. The Morgan fingerprint density at radius 1 is 1.58 bits per heavy atom. The van der Waals surface area contributed by atoms with E-state index in [0.717, 1.165) is 32.7 Å². The zero-order chi connectivity index (χ0) is 13.8. The molecule has 0 bridgehead atoms. The number of nitrogens with one attached hydrogen (secondary N) is 1. The van der Waals surface area contributed by atoms with Gasteiger partial charge in [0, 0.05) is 50.2 Å². The van der Waals surface area contributed by atoms with Crippen LogP contribution < -0.4 is 5.32 Å². The first-order valence-electron chi connectivity index (χ1n) is 6.77. The molecule has 1 atom stereocenters. The predicted octanol–water partition coefficient (Wildman–Crippen LogP) is 1.63. The molecule has 106 valence electrons. The third-order valence-corrected chi connectivity index (χ3v) is 4.39. The summed E-state index contributed by atoms with van der Waals surface area (Å²) < 4.78 is 0. The van der Waals surface area contributed by atoms with E-state index in [1.165, 1.54) is 11.8 Å². The van der Waals surface area contributed by atoms with E-state index in [4.69, 9.17) is 0 Å². The van der Waals surface area contributed by atoms with Crippen molar-refractivity contribution in [3.63, 3.8) is 0 Å². The van der Waals surface area contributed by atoms with Crippen LogP contribution in [0.3, 0.4) is 0 Å². The van der Waals surface area contributed by atoms with Gasteiger partial charge in [-0.2, -0.15) is 0 Å². The van der Waals surface area contributed by atoms with Gasteiger partial charge in [-0.05, 0) is 13.5 Å². The van der Waals surface area contributed by atoms with Gasteiger partial charge in [0.25, 0.3) is 0 Å². The average molecular weight is 282 g/mol. The van der Waals surface area contributed by atoms with Crippen LogP contribution in [0.25, 0.3) is 0 Å². The largest absolute Gasteiger partial charge is 0.302 e. The Morgan fingerprint density at radius 3 is 3.00 bits per heavy atom. The van der Waals surface area contributed by atoms with E-state index in [9.17, 15) is 4.79 Å². The number of anilines is 1. The summed E-state index contributed by atoms with van der Waals surface area (Å²) in [6.45, 7) is 11.4. The Hall–Kier alpha value is -0.980. The number of carbonyl (C=O) groups is 1. The highest BCUT2D eigenvalue weighted by atomic mass is 32.1. The zero-order valence-corrected chi connectivity index (χ0v) is 12.7. The molecule has 1 saturated heterocycles. The monoisotopic (exact) mass is 282 g/mol. The van der Waals surface area contributed by atoms with Gasteiger partial charge in [0.05, 0.1) is 0 Å². The Morgan fingerprint density at radius 2 is 2.37 bits per heavy atom. The molecule has 1 N–H and O–H groups in total. The summed E-state index contributed by atoms with van der Waals surface area (Å²) in [7, 11) is 0. The van der Waals surface area contributed by atoms with E-state index in [-0.39, 0.29) is 5.91 Å². The molecule has 0 aromatic carbocycles. The van der Waals surface area contributed by atoms with Crippen LogP contribution in [0.1, 0.15) is 25.6 Å². The summed E-state index contributed by atoms with van der Waals surface area (Å²) >= 11 is 1.57. The van der Waals surface area contributed by atoms with Gasteiger partial charge in [-0.1, -0.05) is 6.92 Å². The van der Waals surface area contributed by atoms with E-state index >= 15 is 0 Å². The van der Waals surface area contributed by atoms with Crippen LogP contribution >= 0.6 is 11.3 Å². The Kier molecular flexibility index (Phi) is 4.90. The SMILES string of the molecule is CCN1CCN(Cc2cnc(NC(C)=O)s2)C(C)C1. The van der Waals surface area contributed by atoms with Crippen molar-refractivity contribution in [3.8, 4) is 0 Å². The van der Waals surface area contributed by atoms with E-state index in [2.05, 4.69) is 33.9 Å². The normalized spacial score (nSPS) is 21.5. The minimum atomic E-state index is -0.0640. The summed E-state index contributed by atoms with van der Waals surface area (Å²) in [4.78, 5) is 21.4. The van der Waals surface area contributed by atoms with Crippen molar-refractivity contribution in [2.45, 2.75) is 33.4 Å². The number of nitrogens with zero attached hydrogens (tertiary/aromatic N) is 3. The van der Waals surface area contributed by atoms with Crippen molar-refractivity contribution in [2.75, 3.05) is 31.5 Å². The van der Waals surface area contributed by atoms with Crippen LogP contribution in [0.5, 0.6) is 0 Å². The molecule has 2 heterocycles. The first kappa shape index (κ1) is 14.4. The lowest BCUT2D eigenvalue weighted by molar-refractivity contribution is -0.114. The first-order chi connectivity index (χ1) is 9.08. The standard InChI is InChI=1S/C13H22N4OS/c1-4-16-5-6-17(10(2)8-16)9-12-7-14-13(19-12)15-11(3)18/h7,10H,4-6,8-9H2,1-3H3,(H,14,15,18). The highest BCUT2D eigenvalue weighted by Gasteiger charge is 2.23. The topological polar surface area (TPSA) is 48.5 Å². The second kappa shape index (κ2) is 6.45. The van der Waals surface area contributed by atoms with Crippen LogP contribution in [0, 0.1) is 0 Å². The molecule has 2 rings (SSSR count). The summed E-state index contributed by atoms with van der Waals surface area (Å²) in [5.41, 5.74) is 0. The number of rotatable bonds is 4. The van der Waals surface area contributed by atoms with Gasteiger partial charge in [0.2, 0.25) is 5.91 Å². The molecule has 1 aromatic heterocycles. The minimum absolute atomic E-state index is 0.0640. The zero-order valence-electron chi connectivity index (χ0n) is 11.8. The lowest BCUT2D eigenvalue weighted by atomic mass is 10.2. The maximum atomic E-state index is 11.0. The van der Waals surface area contributed by atoms with Gasteiger partial charge in [0.15, 0.2) is 5.13 Å². The second-order valence-electron chi connectivity index (χ2n) is 5.03. The molecular formula is C13H22N4OS. The summed E-state index contributed by atoms with van der Waals surface area (Å²) in [6.07, 6.45) is 1.87. The van der Waals surface area contributed by atoms with Crippen molar-refractivity contribution in [1.29, 1.82) is 0 Å². The van der Waals surface area contributed by atoms with Crippen molar-refractivity contribution in [1.82, 2.24) is 14.8 Å². The van der Waals surface area contributed by atoms with Crippen molar-refractivity contribution < 1.29 is 4.79 Å². The van der Waals surface area contributed by atoms with E-state index in [0.29, 0.717) is 11.2 Å². The molecule has 6 heteroatoms. The lowest BCUT2D eigenvalue weighted by Gasteiger charge is -2.39. The fourth-order valence-electron chi connectivity index (χ4n) is 2.38. The Labute approximate surface area is 118 Å².